The largest absolute Gasteiger partial charge is 0.494 e. The predicted molar refractivity (Wildman–Crippen MR) is 91.1 cm³/mol. The van der Waals surface area contributed by atoms with Gasteiger partial charge in [-0.2, -0.15) is 0 Å². The van der Waals surface area contributed by atoms with Gasteiger partial charge in [0.2, 0.25) is 0 Å². The number of piperidine rings is 1. The Bertz CT molecular complexity index is 648. The molecule has 1 aliphatic rings. The first-order chi connectivity index (χ1) is 11.3. The Balaban J connectivity index is 1.75. The molecule has 7 heteroatoms. The van der Waals surface area contributed by atoms with E-state index in [1.165, 1.54) is 11.2 Å². The number of hydrogen-bond acceptors (Lipinski definition) is 4. The maximum atomic E-state index is 11.4. The molecule has 1 heterocycles. The average molecular weight is 355 g/mol. The summed E-state index contributed by atoms with van der Waals surface area (Å²) in [6.07, 6.45) is 3.04. The quantitative estimate of drug-likeness (QED) is 0.848. The van der Waals surface area contributed by atoms with Crippen LogP contribution in [0, 0.1) is 11.8 Å². The smallest absolute Gasteiger partial charge is 0.407 e. The molecule has 1 aromatic rings. The van der Waals surface area contributed by atoms with Crippen molar-refractivity contribution in [1.82, 2.24) is 4.90 Å². The van der Waals surface area contributed by atoms with Gasteiger partial charge in [0.1, 0.15) is 5.75 Å². The Morgan fingerprint density at radius 2 is 1.88 bits per heavy atom. The normalized spacial score (nSPS) is 17.5. The molecule has 2 rings (SSSR count). The summed E-state index contributed by atoms with van der Waals surface area (Å²) >= 11 is 0. The Hall–Kier alpha value is -1.76. The molecule has 1 atom stereocenters. The molecule has 0 spiro atoms. The van der Waals surface area contributed by atoms with Crippen LogP contribution >= 0.6 is 0 Å². The lowest BCUT2D eigenvalue weighted by molar-refractivity contribution is 0.110. The Morgan fingerprint density at radius 3 is 2.38 bits per heavy atom. The van der Waals surface area contributed by atoms with Crippen LogP contribution in [-0.2, 0) is 9.84 Å². The molecule has 0 bridgehead atoms. The molecule has 1 aliphatic heterocycles. The van der Waals surface area contributed by atoms with Crippen molar-refractivity contribution in [3.05, 3.63) is 24.3 Å². The average Bonchev–Trinajstić information content (AvgIpc) is 2.54. The molecular weight excluding hydrogens is 330 g/mol. The predicted octanol–water partition coefficient (Wildman–Crippen LogP) is 2.89. The number of sulfone groups is 1. The summed E-state index contributed by atoms with van der Waals surface area (Å²) < 4.78 is 28.5. The van der Waals surface area contributed by atoms with E-state index in [1.807, 2.05) is 0 Å². The van der Waals surface area contributed by atoms with Crippen LogP contribution in [0.2, 0.25) is 0 Å². The Kier molecular flexibility index (Phi) is 6.10. The number of hydrogen-bond donors (Lipinski definition) is 1. The van der Waals surface area contributed by atoms with Gasteiger partial charge in [0.05, 0.1) is 11.5 Å². The molecular formula is C17H25NO5S. The molecule has 1 saturated heterocycles. The zero-order valence-corrected chi connectivity index (χ0v) is 15.0. The van der Waals surface area contributed by atoms with E-state index >= 15 is 0 Å². The van der Waals surface area contributed by atoms with E-state index in [0.29, 0.717) is 37.3 Å². The summed E-state index contributed by atoms with van der Waals surface area (Å²) in [5.74, 6) is 1.66. The zero-order valence-electron chi connectivity index (χ0n) is 14.1. The molecule has 1 amide bonds. The van der Waals surface area contributed by atoms with Crippen LogP contribution in [0.25, 0.3) is 0 Å². The number of carbonyl (C=O) groups is 1. The SMILES string of the molecule is C[C@H](CCOc1ccc(S(C)(=O)=O)cc1)C1CCN(C(=O)O)CC1. The third-order valence-corrected chi connectivity index (χ3v) is 5.84. The number of benzene rings is 1. The molecule has 1 fully saturated rings. The highest BCUT2D eigenvalue weighted by atomic mass is 32.2. The lowest BCUT2D eigenvalue weighted by atomic mass is 9.84. The van der Waals surface area contributed by atoms with Gasteiger partial charge in [-0.05, 0) is 55.4 Å². The first kappa shape index (κ1) is 18.6. The maximum Gasteiger partial charge on any atom is 0.407 e. The molecule has 0 aromatic heterocycles. The number of likely N-dealkylation sites (tertiary alicyclic amines) is 1. The van der Waals surface area contributed by atoms with Gasteiger partial charge in [-0.15, -0.1) is 0 Å². The molecule has 0 radical (unpaired) electrons. The van der Waals surface area contributed by atoms with E-state index in [2.05, 4.69) is 6.92 Å². The number of ether oxygens (including phenoxy) is 1. The second kappa shape index (κ2) is 7.88. The molecule has 6 nitrogen and oxygen atoms in total. The van der Waals surface area contributed by atoms with E-state index in [9.17, 15) is 13.2 Å². The lowest BCUT2D eigenvalue weighted by Gasteiger charge is -2.33. The summed E-state index contributed by atoms with van der Waals surface area (Å²) in [6, 6.07) is 6.45. The van der Waals surface area contributed by atoms with Crippen LogP contribution in [0.15, 0.2) is 29.2 Å². The summed E-state index contributed by atoms with van der Waals surface area (Å²) in [5.41, 5.74) is 0. The third kappa shape index (κ3) is 5.12. The Morgan fingerprint density at radius 1 is 1.29 bits per heavy atom. The minimum atomic E-state index is -3.18. The summed E-state index contributed by atoms with van der Waals surface area (Å²) in [4.78, 5) is 12.7. The molecule has 0 unspecified atom stereocenters. The van der Waals surface area contributed by atoms with Crippen molar-refractivity contribution >= 4 is 15.9 Å². The van der Waals surface area contributed by atoms with Crippen molar-refractivity contribution in [2.75, 3.05) is 26.0 Å². The molecule has 0 saturated carbocycles. The summed E-state index contributed by atoms with van der Waals surface area (Å²) in [5, 5.41) is 8.97. The highest BCUT2D eigenvalue weighted by Crippen LogP contribution is 2.27. The molecule has 0 aliphatic carbocycles. The third-order valence-electron chi connectivity index (χ3n) is 4.71. The number of rotatable bonds is 6. The van der Waals surface area contributed by atoms with Crippen LogP contribution in [-0.4, -0.2) is 50.5 Å². The monoisotopic (exact) mass is 355 g/mol. The van der Waals surface area contributed by atoms with Crippen LogP contribution in [0.4, 0.5) is 4.79 Å². The Labute approximate surface area is 143 Å². The number of nitrogens with zero attached hydrogens (tertiary/aromatic N) is 1. The fraction of sp³-hybridized carbons (Fsp3) is 0.588. The van der Waals surface area contributed by atoms with Gasteiger partial charge in [-0.25, -0.2) is 13.2 Å². The van der Waals surface area contributed by atoms with Crippen LogP contribution < -0.4 is 4.74 Å². The second-order valence-electron chi connectivity index (χ2n) is 6.47. The van der Waals surface area contributed by atoms with E-state index < -0.39 is 15.9 Å². The van der Waals surface area contributed by atoms with Crippen molar-refractivity contribution < 1.29 is 23.1 Å². The maximum absolute atomic E-state index is 11.4. The summed E-state index contributed by atoms with van der Waals surface area (Å²) in [6.45, 7) is 3.96. The first-order valence-corrected chi connectivity index (χ1v) is 10.1. The minimum Gasteiger partial charge on any atom is -0.494 e. The van der Waals surface area contributed by atoms with Crippen LogP contribution in [0.1, 0.15) is 26.2 Å². The molecule has 134 valence electrons. The second-order valence-corrected chi connectivity index (χ2v) is 8.48. The van der Waals surface area contributed by atoms with Gasteiger partial charge in [0.25, 0.3) is 0 Å². The van der Waals surface area contributed by atoms with E-state index in [0.717, 1.165) is 19.3 Å². The van der Waals surface area contributed by atoms with Gasteiger partial charge >= 0.3 is 6.09 Å². The van der Waals surface area contributed by atoms with Crippen molar-refractivity contribution in [3.8, 4) is 5.75 Å². The minimum absolute atomic E-state index is 0.286. The number of carboxylic acid groups (broad SMARTS) is 1. The summed E-state index contributed by atoms with van der Waals surface area (Å²) in [7, 11) is -3.18. The molecule has 1 aromatic carbocycles. The standard InChI is InChI=1S/C17H25NO5S/c1-13(14-7-10-18(11-8-14)17(19)20)9-12-23-15-3-5-16(6-4-15)24(2,21)22/h3-6,13-14H,7-12H2,1-2H3,(H,19,20)/t13-/m1/s1. The lowest BCUT2D eigenvalue weighted by Crippen LogP contribution is -2.39. The van der Waals surface area contributed by atoms with Crippen molar-refractivity contribution in [2.24, 2.45) is 11.8 Å². The molecule has 1 N–H and O–H groups in total. The van der Waals surface area contributed by atoms with Gasteiger partial charge in [0.15, 0.2) is 9.84 Å². The van der Waals surface area contributed by atoms with Gasteiger partial charge in [0, 0.05) is 19.3 Å². The van der Waals surface area contributed by atoms with Gasteiger partial charge in [-0.3, -0.25) is 0 Å². The highest BCUT2D eigenvalue weighted by molar-refractivity contribution is 7.90. The van der Waals surface area contributed by atoms with Crippen LogP contribution in [0.3, 0.4) is 0 Å². The number of amides is 1. The van der Waals surface area contributed by atoms with E-state index in [4.69, 9.17) is 9.84 Å². The van der Waals surface area contributed by atoms with Crippen LogP contribution in [0.5, 0.6) is 5.75 Å². The van der Waals surface area contributed by atoms with Crippen molar-refractivity contribution in [1.29, 1.82) is 0 Å². The van der Waals surface area contributed by atoms with Gasteiger partial charge in [-0.1, -0.05) is 6.92 Å². The highest BCUT2D eigenvalue weighted by Gasteiger charge is 2.25. The van der Waals surface area contributed by atoms with E-state index in [1.54, 1.807) is 24.3 Å². The fourth-order valence-corrected chi connectivity index (χ4v) is 3.67. The zero-order chi connectivity index (χ0) is 17.7. The van der Waals surface area contributed by atoms with E-state index in [-0.39, 0.29) is 4.90 Å². The van der Waals surface area contributed by atoms with Gasteiger partial charge < -0.3 is 14.7 Å². The fourth-order valence-electron chi connectivity index (χ4n) is 3.04. The van der Waals surface area contributed by atoms with Crippen molar-refractivity contribution in [2.45, 2.75) is 31.1 Å². The topological polar surface area (TPSA) is 83.9 Å². The molecule has 24 heavy (non-hydrogen) atoms. The first-order valence-electron chi connectivity index (χ1n) is 8.18. The van der Waals surface area contributed by atoms with Crippen molar-refractivity contribution in [3.63, 3.8) is 0 Å².